The Morgan fingerprint density at radius 1 is 1.32 bits per heavy atom. The number of benzene rings is 1. The molecule has 1 atom stereocenters. The van der Waals surface area contributed by atoms with E-state index in [-0.39, 0.29) is 0 Å². The lowest BCUT2D eigenvalue weighted by molar-refractivity contribution is 0.193. The summed E-state index contributed by atoms with van der Waals surface area (Å²) in [5.74, 6) is 0. The number of rotatable bonds is 3. The number of nitrogens with zero attached hydrogens (tertiary/aromatic N) is 3. The van der Waals surface area contributed by atoms with Crippen molar-refractivity contribution < 1.29 is 0 Å². The zero-order valence-corrected chi connectivity index (χ0v) is 11.3. The predicted molar refractivity (Wildman–Crippen MR) is 75.7 cm³/mol. The van der Waals surface area contributed by atoms with E-state index < -0.39 is 0 Å². The van der Waals surface area contributed by atoms with Gasteiger partial charge in [-0.15, -0.1) is 0 Å². The van der Waals surface area contributed by atoms with Gasteiger partial charge in [-0.2, -0.15) is 5.10 Å². The highest BCUT2D eigenvalue weighted by Gasteiger charge is 2.20. The first-order chi connectivity index (χ1) is 9.31. The average molecular weight is 256 g/mol. The van der Waals surface area contributed by atoms with E-state index in [9.17, 15) is 0 Å². The maximum Gasteiger partial charge on any atom is 0.0534 e. The molecule has 2 aromatic rings. The molecule has 1 aromatic heterocycles. The van der Waals surface area contributed by atoms with Crippen LogP contribution in [0.2, 0.25) is 0 Å². The summed E-state index contributed by atoms with van der Waals surface area (Å²) in [5.41, 5.74) is 2.66. The second-order valence-electron chi connectivity index (χ2n) is 5.17. The van der Waals surface area contributed by atoms with Crippen molar-refractivity contribution >= 4 is 0 Å². The van der Waals surface area contributed by atoms with Crippen LogP contribution >= 0.6 is 0 Å². The number of piperazine rings is 1. The summed E-state index contributed by atoms with van der Waals surface area (Å²) < 4.78 is 1.87. The summed E-state index contributed by atoms with van der Waals surface area (Å²) in [4.78, 5) is 2.49. The number of aryl methyl sites for hydroxylation is 1. The van der Waals surface area contributed by atoms with E-state index in [0.717, 1.165) is 26.2 Å². The average Bonchev–Trinajstić information content (AvgIpc) is 2.85. The van der Waals surface area contributed by atoms with Crippen LogP contribution in [0.4, 0.5) is 0 Å². The lowest BCUT2D eigenvalue weighted by Crippen LogP contribution is -2.45. The number of hydrogen-bond acceptors (Lipinski definition) is 3. The summed E-state index contributed by atoms with van der Waals surface area (Å²) in [6.45, 7) is 4.18. The third-order valence-corrected chi connectivity index (χ3v) is 3.63. The highest BCUT2D eigenvalue weighted by Crippen LogP contribution is 2.18. The molecule has 0 saturated carbocycles. The molecule has 1 aliphatic heterocycles. The van der Waals surface area contributed by atoms with Crippen LogP contribution in [0.3, 0.4) is 0 Å². The Hall–Kier alpha value is -1.65. The normalized spacial score (nSPS) is 20.6. The van der Waals surface area contributed by atoms with Crippen LogP contribution in [0.1, 0.15) is 17.2 Å². The molecule has 1 saturated heterocycles. The molecule has 4 nitrogen and oxygen atoms in total. The second-order valence-corrected chi connectivity index (χ2v) is 5.17. The van der Waals surface area contributed by atoms with E-state index in [1.807, 2.05) is 17.9 Å². The highest BCUT2D eigenvalue weighted by molar-refractivity contribution is 5.20. The first kappa shape index (κ1) is 12.4. The second kappa shape index (κ2) is 5.55. The molecule has 0 aliphatic carbocycles. The summed E-state index contributed by atoms with van der Waals surface area (Å²) in [6.07, 6.45) is 4.05. The standard InChI is InChI=1S/C15H20N4/c1-18-10-13(9-17-18)11-19-8-7-16-15(12-19)14-5-3-2-4-6-14/h2-6,9-10,15-16H,7-8,11-12H2,1H3. The van der Waals surface area contributed by atoms with Gasteiger partial charge in [-0.25, -0.2) is 0 Å². The van der Waals surface area contributed by atoms with Gasteiger partial charge >= 0.3 is 0 Å². The van der Waals surface area contributed by atoms with Crippen LogP contribution in [-0.4, -0.2) is 34.3 Å². The maximum absolute atomic E-state index is 4.23. The first-order valence-electron chi connectivity index (χ1n) is 6.79. The molecule has 1 aromatic carbocycles. The van der Waals surface area contributed by atoms with Crippen molar-refractivity contribution in [3.05, 3.63) is 53.9 Å². The van der Waals surface area contributed by atoms with Crippen molar-refractivity contribution in [2.45, 2.75) is 12.6 Å². The van der Waals surface area contributed by atoms with Crippen LogP contribution in [0.25, 0.3) is 0 Å². The smallest absolute Gasteiger partial charge is 0.0534 e. The Kier molecular flexibility index (Phi) is 3.62. The minimum absolute atomic E-state index is 0.437. The molecule has 2 heterocycles. The molecule has 1 unspecified atom stereocenters. The number of hydrogen-bond donors (Lipinski definition) is 1. The van der Waals surface area contributed by atoms with Crippen LogP contribution in [0, 0.1) is 0 Å². The summed E-state index contributed by atoms with van der Waals surface area (Å²) in [6, 6.07) is 11.1. The first-order valence-corrected chi connectivity index (χ1v) is 6.79. The van der Waals surface area contributed by atoms with Crippen LogP contribution in [-0.2, 0) is 13.6 Å². The Morgan fingerprint density at radius 2 is 2.16 bits per heavy atom. The molecule has 4 heteroatoms. The molecular formula is C15H20N4. The molecular weight excluding hydrogens is 236 g/mol. The summed E-state index contributed by atoms with van der Waals surface area (Å²) >= 11 is 0. The van der Waals surface area contributed by atoms with E-state index in [1.165, 1.54) is 11.1 Å². The van der Waals surface area contributed by atoms with Gasteiger partial charge in [0.05, 0.1) is 6.20 Å². The van der Waals surface area contributed by atoms with Crippen molar-refractivity contribution in [2.24, 2.45) is 7.05 Å². The topological polar surface area (TPSA) is 33.1 Å². The molecule has 1 fully saturated rings. The van der Waals surface area contributed by atoms with Crippen molar-refractivity contribution in [3.63, 3.8) is 0 Å². The van der Waals surface area contributed by atoms with E-state index in [1.54, 1.807) is 0 Å². The molecule has 0 amide bonds. The Bertz CT molecular complexity index is 520. The van der Waals surface area contributed by atoms with E-state index >= 15 is 0 Å². The lowest BCUT2D eigenvalue weighted by Gasteiger charge is -2.33. The fourth-order valence-electron chi connectivity index (χ4n) is 2.67. The third-order valence-electron chi connectivity index (χ3n) is 3.63. The Labute approximate surface area is 114 Å². The van der Waals surface area contributed by atoms with Gasteiger partial charge in [0.1, 0.15) is 0 Å². The van der Waals surface area contributed by atoms with Crippen molar-refractivity contribution in [2.75, 3.05) is 19.6 Å². The largest absolute Gasteiger partial charge is 0.308 e. The minimum atomic E-state index is 0.437. The quantitative estimate of drug-likeness (QED) is 0.905. The van der Waals surface area contributed by atoms with Crippen molar-refractivity contribution in [3.8, 4) is 0 Å². The Morgan fingerprint density at radius 3 is 2.89 bits per heavy atom. The monoisotopic (exact) mass is 256 g/mol. The SMILES string of the molecule is Cn1cc(CN2CCNC(c3ccccc3)C2)cn1. The molecule has 100 valence electrons. The van der Waals surface area contributed by atoms with Crippen molar-refractivity contribution in [1.82, 2.24) is 20.0 Å². The van der Waals surface area contributed by atoms with Gasteiger partial charge in [-0.1, -0.05) is 30.3 Å². The number of nitrogens with one attached hydrogen (secondary N) is 1. The number of aromatic nitrogens is 2. The van der Waals surface area contributed by atoms with Crippen LogP contribution in [0.5, 0.6) is 0 Å². The molecule has 19 heavy (non-hydrogen) atoms. The third kappa shape index (κ3) is 3.03. The lowest BCUT2D eigenvalue weighted by atomic mass is 10.0. The van der Waals surface area contributed by atoms with Gasteiger partial charge in [-0.3, -0.25) is 9.58 Å². The zero-order chi connectivity index (χ0) is 13.1. The minimum Gasteiger partial charge on any atom is -0.308 e. The molecule has 1 aliphatic rings. The predicted octanol–water partition coefficient (Wildman–Crippen LogP) is 1.57. The van der Waals surface area contributed by atoms with Gasteiger partial charge in [0.15, 0.2) is 0 Å². The molecule has 0 bridgehead atoms. The van der Waals surface area contributed by atoms with Gasteiger partial charge in [-0.05, 0) is 5.56 Å². The summed E-state index contributed by atoms with van der Waals surface area (Å²) in [5, 5.41) is 7.83. The van der Waals surface area contributed by atoms with Crippen molar-refractivity contribution in [1.29, 1.82) is 0 Å². The Balaban J connectivity index is 1.65. The molecule has 1 N–H and O–H groups in total. The van der Waals surface area contributed by atoms with Crippen LogP contribution in [0.15, 0.2) is 42.7 Å². The fraction of sp³-hybridized carbons (Fsp3) is 0.400. The van der Waals surface area contributed by atoms with Gasteiger partial charge in [0, 0.05) is 51.0 Å². The molecule has 3 rings (SSSR count). The highest BCUT2D eigenvalue weighted by atomic mass is 15.3. The van der Waals surface area contributed by atoms with Gasteiger partial charge in [0.25, 0.3) is 0 Å². The maximum atomic E-state index is 4.23. The van der Waals surface area contributed by atoms with E-state index in [0.29, 0.717) is 6.04 Å². The molecule has 0 radical (unpaired) electrons. The summed E-state index contributed by atoms with van der Waals surface area (Å²) in [7, 11) is 1.97. The van der Waals surface area contributed by atoms with E-state index in [2.05, 4.69) is 51.8 Å². The van der Waals surface area contributed by atoms with Crippen LogP contribution < -0.4 is 5.32 Å². The van der Waals surface area contributed by atoms with Gasteiger partial charge in [0.2, 0.25) is 0 Å². The molecule has 0 spiro atoms. The zero-order valence-electron chi connectivity index (χ0n) is 11.3. The van der Waals surface area contributed by atoms with Gasteiger partial charge < -0.3 is 5.32 Å². The fourth-order valence-corrected chi connectivity index (χ4v) is 2.67. The van der Waals surface area contributed by atoms with E-state index in [4.69, 9.17) is 0 Å².